The van der Waals surface area contributed by atoms with Crippen LogP contribution in [0.5, 0.6) is 5.75 Å². The van der Waals surface area contributed by atoms with Gasteiger partial charge in [-0.05, 0) is 67.7 Å². The van der Waals surface area contributed by atoms with E-state index in [0.717, 1.165) is 41.6 Å². The highest BCUT2D eigenvalue weighted by Gasteiger charge is 2.21. The molecule has 6 nitrogen and oxygen atoms in total. The van der Waals surface area contributed by atoms with Gasteiger partial charge in [-0.3, -0.25) is 4.79 Å². The lowest BCUT2D eigenvalue weighted by atomic mass is 9.92. The number of allylic oxidation sites excluding steroid dienone is 1. The fourth-order valence-corrected chi connectivity index (χ4v) is 3.98. The van der Waals surface area contributed by atoms with E-state index in [0.29, 0.717) is 11.3 Å². The van der Waals surface area contributed by atoms with Crippen molar-refractivity contribution in [2.24, 2.45) is 0 Å². The quantitative estimate of drug-likeness (QED) is 0.563. The zero-order valence-corrected chi connectivity index (χ0v) is 16.9. The summed E-state index contributed by atoms with van der Waals surface area (Å²) in [4.78, 5) is 18.9. The van der Waals surface area contributed by atoms with Gasteiger partial charge in [0.2, 0.25) is 0 Å². The van der Waals surface area contributed by atoms with Crippen molar-refractivity contribution in [2.45, 2.75) is 38.3 Å². The molecule has 7 heteroatoms. The molecule has 3 N–H and O–H groups in total. The molecule has 0 bridgehead atoms. The van der Waals surface area contributed by atoms with Crippen molar-refractivity contribution in [1.82, 2.24) is 15.3 Å². The Morgan fingerprint density at radius 2 is 2.17 bits per heavy atom. The monoisotopic (exact) mass is 409 g/mol. The van der Waals surface area contributed by atoms with E-state index in [1.54, 1.807) is 26.3 Å². The zero-order chi connectivity index (χ0) is 21.3. The van der Waals surface area contributed by atoms with Crippen LogP contribution >= 0.6 is 0 Å². The van der Waals surface area contributed by atoms with Gasteiger partial charge in [0.25, 0.3) is 0 Å². The van der Waals surface area contributed by atoms with Crippen molar-refractivity contribution in [3.8, 4) is 16.9 Å². The molecule has 2 heterocycles. The van der Waals surface area contributed by atoms with E-state index >= 15 is 0 Å². The molecule has 0 amide bonds. The summed E-state index contributed by atoms with van der Waals surface area (Å²) in [5.41, 5.74) is 4.41. The van der Waals surface area contributed by atoms with Crippen molar-refractivity contribution < 1.29 is 19.0 Å². The van der Waals surface area contributed by atoms with Crippen molar-refractivity contribution in [3.05, 3.63) is 54.1 Å². The van der Waals surface area contributed by atoms with Crippen molar-refractivity contribution in [2.75, 3.05) is 7.11 Å². The van der Waals surface area contributed by atoms with Crippen LogP contribution < -0.4 is 10.1 Å². The van der Waals surface area contributed by atoms with Crippen molar-refractivity contribution >= 4 is 22.6 Å². The van der Waals surface area contributed by atoms with Crippen molar-refractivity contribution in [1.29, 1.82) is 0 Å². The summed E-state index contributed by atoms with van der Waals surface area (Å²) >= 11 is 0. The number of pyridine rings is 1. The van der Waals surface area contributed by atoms with Gasteiger partial charge in [0.05, 0.1) is 7.11 Å². The highest BCUT2D eigenvalue weighted by Crippen LogP contribution is 2.37. The van der Waals surface area contributed by atoms with Crippen LogP contribution in [0.15, 0.2) is 42.6 Å². The largest absolute Gasteiger partial charge is 0.496 e. The molecule has 2 atom stereocenters. The molecule has 3 aromatic rings. The maximum absolute atomic E-state index is 13.9. The van der Waals surface area contributed by atoms with Gasteiger partial charge in [0.15, 0.2) is 0 Å². The van der Waals surface area contributed by atoms with Crippen LogP contribution in [-0.2, 0) is 4.79 Å². The predicted molar refractivity (Wildman–Crippen MR) is 114 cm³/mol. The second-order valence-corrected chi connectivity index (χ2v) is 7.58. The van der Waals surface area contributed by atoms with E-state index in [9.17, 15) is 9.18 Å². The number of carboxylic acids is 1. The highest BCUT2D eigenvalue weighted by molar-refractivity contribution is 5.96. The van der Waals surface area contributed by atoms with Gasteiger partial charge in [0.1, 0.15) is 23.3 Å². The third kappa shape index (κ3) is 3.93. The normalized spacial score (nSPS) is 17.6. The molecule has 1 aliphatic carbocycles. The molecule has 1 aliphatic rings. The summed E-state index contributed by atoms with van der Waals surface area (Å²) in [6.07, 6.45) is 6.29. The van der Waals surface area contributed by atoms with Crippen LogP contribution in [0.3, 0.4) is 0 Å². The van der Waals surface area contributed by atoms with Crippen molar-refractivity contribution in [3.63, 3.8) is 0 Å². The number of halogens is 1. The van der Waals surface area contributed by atoms with Crippen LogP contribution in [0.4, 0.5) is 4.39 Å². The number of hydrogen-bond acceptors (Lipinski definition) is 4. The summed E-state index contributed by atoms with van der Waals surface area (Å²) in [6.45, 7) is 1.66. The number of aromatic amines is 1. The Bertz CT molecular complexity index is 1120. The second-order valence-electron chi connectivity index (χ2n) is 7.58. The number of nitrogens with one attached hydrogen (secondary N) is 2. The first-order valence-electron chi connectivity index (χ1n) is 9.96. The maximum Gasteiger partial charge on any atom is 0.320 e. The van der Waals surface area contributed by atoms with E-state index in [-0.39, 0.29) is 11.9 Å². The van der Waals surface area contributed by atoms with Crippen LogP contribution in [0.25, 0.3) is 27.7 Å². The number of hydrogen-bond donors (Lipinski definition) is 3. The smallest absolute Gasteiger partial charge is 0.320 e. The van der Waals surface area contributed by atoms with Gasteiger partial charge in [0, 0.05) is 28.9 Å². The Labute approximate surface area is 173 Å². The summed E-state index contributed by atoms with van der Waals surface area (Å²) in [5, 5.41) is 13.1. The lowest BCUT2D eigenvalue weighted by molar-refractivity contribution is -0.139. The van der Waals surface area contributed by atoms with Gasteiger partial charge in [-0.25, -0.2) is 9.37 Å². The number of rotatable bonds is 6. The highest BCUT2D eigenvalue weighted by atomic mass is 19.1. The van der Waals surface area contributed by atoms with Gasteiger partial charge in [-0.2, -0.15) is 0 Å². The maximum atomic E-state index is 13.9. The van der Waals surface area contributed by atoms with Crippen LogP contribution in [0.2, 0.25) is 0 Å². The van der Waals surface area contributed by atoms with Gasteiger partial charge in [-0.1, -0.05) is 6.08 Å². The zero-order valence-electron chi connectivity index (χ0n) is 16.9. The first-order chi connectivity index (χ1) is 14.5. The third-order valence-corrected chi connectivity index (χ3v) is 5.60. The molecule has 30 heavy (non-hydrogen) atoms. The molecule has 2 aromatic heterocycles. The molecule has 4 rings (SSSR count). The number of fused-ring (bicyclic) bond motifs is 1. The topological polar surface area (TPSA) is 87.2 Å². The Morgan fingerprint density at radius 3 is 2.87 bits per heavy atom. The molecule has 1 aromatic carbocycles. The number of ether oxygens (including phenoxy) is 1. The lowest BCUT2D eigenvalue weighted by Crippen LogP contribution is -2.41. The molecule has 0 spiro atoms. The predicted octanol–water partition coefficient (Wildman–Crippen LogP) is 4.38. The van der Waals surface area contributed by atoms with Gasteiger partial charge >= 0.3 is 5.97 Å². The van der Waals surface area contributed by atoms with Gasteiger partial charge < -0.3 is 20.1 Å². The number of aliphatic carboxylic acids is 1. The summed E-state index contributed by atoms with van der Waals surface area (Å²) in [7, 11) is 1.57. The van der Waals surface area contributed by atoms with Crippen LogP contribution in [0.1, 0.15) is 31.9 Å². The number of H-pyrrole nitrogens is 1. The average molecular weight is 409 g/mol. The minimum atomic E-state index is -0.841. The minimum Gasteiger partial charge on any atom is -0.496 e. The summed E-state index contributed by atoms with van der Waals surface area (Å²) in [5.74, 6) is -0.563. The standard InChI is InChI=1S/C23H24FN3O3/c1-13(23(28)29)26-16-6-3-14(4-7-16)20-12-19-17(9-10-25-22(19)27-20)18-11-15(24)5-8-21(18)30-2/h3,5,8-13,16,26H,4,6-7H2,1-2H3,(H,25,27)(H,28,29)/t13-,16?/m0/s1. The molecule has 0 saturated carbocycles. The molecule has 0 radical (unpaired) electrons. The van der Waals surface area contributed by atoms with Crippen LogP contribution in [0, 0.1) is 5.82 Å². The Hall–Kier alpha value is -3.19. The SMILES string of the molecule is COc1ccc(F)cc1-c1ccnc2[nH]c(C3=CCC(N[C@@H](C)C(=O)O)CC3)cc12. The fourth-order valence-electron chi connectivity index (χ4n) is 3.98. The summed E-state index contributed by atoms with van der Waals surface area (Å²) < 4.78 is 19.3. The number of carbonyl (C=O) groups is 1. The molecule has 0 aliphatic heterocycles. The molecule has 156 valence electrons. The molecular formula is C23H24FN3O3. The number of methoxy groups -OCH3 is 1. The molecule has 1 unspecified atom stereocenters. The molecular weight excluding hydrogens is 385 g/mol. The lowest BCUT2D eigenvalue weighted by Gasteiger charge is -2.24. The molecule has 0 saturated heterocycles. The first kappa shape index (κ1) is 20.1. The van der Waals surface area contributed by atoms with Gasteiger partial charge in [-0.15, -0.1) is 0 Å². The average Bonchev–Trinajstić information content (AvgIpc) is 3.18. The van der Waals surface area contributed by atoms with E-state index in [1.807, 2.05) is 12.1 Å². The van der Waals surface area contributed by atoms with E-state index < -0.39 is 12.0 Å². The first-order valence-corrected chi connectivity index (χ1v) is 9.96. The Balaban J connectivity index is 1.64. The Kier molecular flexibility index (Phi) is 5.55. The van der Waals surface area contributed by atoms with Crippen LogP contribution in [-0.4, -0.2) is 40.2 Å². The van der Waals surface area contributed by atoms with E-state index in [4.69, 9.17) is 9.84 Å². The molecule has 0 fully saturated rings. The second kappa shape index (κ2) is 8.28. The third-order valence-electron chi connectivity index (χ3n) is 5.60. The number of carboxylic acid groups (broad SMARTS) is 1. The fraction of sp³-hybridized carbons (Fsp3) is 0.304. The number of benzene rings is 1. The number of aromatic nitrogens is 2. The van der Waals surface area contributed by atoms with E-state index in [1.165, 1.54) is 17.7 Å². The number of nitrogens with zero attached hydrogens (tertiary/aromatic N) is 1. The summed E-state index contributed by atoms with van der Waals surface area (Å²) in [6, 6.07) is 7.97. The van der Waals surface area contributed by atoms with E-state index in [2.05, 4.69) is 21.4 Å². The Morgan fingerprint density at radius 1 is 1.33 bits per heavy atom. The minimum absolute atomic E-state index is 0.148.